The molecule has 1 atom stereocenters. The molecule has 2 rings (SSSR count). The Hall–Kier alpha value is -4.48. The third-order valence-electron chi connectivity index (χ3n) is 4.29. The predicted octanol–water partition coefficient (Wildman–Crippen LogP) is 2.64. The van der Waals surface area contributed by atoms with Crippen LogP contribution in [0.4, 0.5) is 10.5 Å². The van der Waals surface area contributed by atoms with Gasteiger partial charge in [0, 0.05) is 12.1 Å². The molecule has 0 aromatic heterocycles. The van der Waals surface area contributed by atoms with Crippen LogP contribution in [0.1, 0.15) is 32.8 Å². The summed E-state index contributed by atoms with van der Waals surface area (Å²) >= 11 is 0. The van der Waals surface area contributed by atoms with Gasteiger partial charge in [-0.3, -0.25) is 19.7 Å². The second kappa shape index (κ2) is 12.8. The highest BCUT2D eigenvalue weighted by Crippen LogP contribution is 2.18. The molecule has 192 valence electrons. The first-order valence-electron chi connectivity index (χ1n) is 10.8. The van der Waals surface area contributed by atoms with Crippen LogP contribution in [0.15, 0.2) is 54.6 Å². The molecule has 2 aromatic rings. The molecule has 2 amide bonds. The zero-order valence-electron chi connectivity index (χ0n) is 20.0. The monoisotopic (exact) mass is 501 g/mol. The van der Waals surface area contributed by atoms with Crippen molar-refractivity contribution in [1.82, 2.24) is 10.6 Å². The Balaban J connectivity index is 2.03. The number of ether oxygens (including phenoxy) is 3. The number of hydrogen-bond acceptors (Lipinski definition) is 9. The number of nitro groups is 1. The van der Waals surface area contributed by atoms with Crippen LogP contribution < -0.4 is 15.4 Å². The smallest absolute Gasteiger partial charge is 0.408 e. The number of carbonyl (C=O) groups excluding carboxylic acids is 4. The van der Waals surface area contributed by atoms with E-state index >= 15 is 0 Å². The number of esters is 2. The molecule has 0 radical (unpaired) electrons. The lowest BCUT2D eigenvalue weighted by molar-refractivity contribution is -0.384. The standard InChI is InChI=1S/C24H27N3O9/c1-24(2,3)36-23(31)25-14-20(28)26-19(13-21(29)34-15-16-7-5-4-6-8-16)22(30)35-18-11-9-17(10-12-18)27(32)33/h4-12,19H,13-15H2,1-3H3,(H,25,31)(H,26,28). The number of nitrogens with zero attached hydrogens (tertiary/aromatic N) is 1. The highest BCUT2D eigenvalue weighted by Gasteiger charge is 2.27. The number of amides is 2. The predicted molar refractivity (Wildman–Crippen MR) is 126 cm³/mol. The van der Waals surface area contributed by atoms with Gasteiger partial charge in [0.1, 0.15) is 30.5 Å². The van der Waals surface area contributed by atoms with E-state index in [2.05, 4.69) is 10.6 Å². The molecule has 1 unspecified atom stereocenters. The van der Waals surface area contributed by atoms with Crippen LogP contribution in [-0.4, -0.2) is 47.0 Å². The van der Waals surface area contributed by atoms with Crippen molar-refractivity contribution in [3.05, 3.63) is 70.3 Å². The van der Waals surface area contributed by atoms with Crippen LogP contribution in [0.25, 0.3) is 0 Å². The summed E-state index contributed by atoms with van der Waals surface area (Å²) in [7, 11) is 0. The maximum absolute atomic E-state index is 12.7. The third kappa shape index (κ3) is 10.2. The highest BCUT2D eigenvalue weighted by molar-refractivity contribution is 5.90. The summed E-state index contributed by atoms with van der Waals surface area (Å²) < 4.78 is 15.4. The zero-order valence-corrected chi connectivity index (χ0v) is 20.0. The van der Waals surface area contributed by atoms with Crippen molar-refractivity contribution in [1.29, 1.82) is 0 Å². The van der Waals surface area contributed by atoms with Crippen LogP contribution in [0.2, 0.25) is 0 Å². The quantitative estimate of drug-likeness (QED) is 0.216. The fourth-order valence-corrected chi connectivity index (χ4v) is 2.69. The first kappa shape index (κ1) is 27.8. The SMILES string of the molecule is CC(C)(C)OC(=O)NCC(=O)NC(CC(=O)OCc1ccccc1)C(=O)Oc1ccc([N+](=O)[O-])cc1. The molecular formula is C24H27N3O9. The van der Waals surface area contributed by atoms with Gasteiger partial charge in [-0.1, -0.05) is 30.3 Å². The van der Waals surface area contributed by atoms with E-state index in [4.69, 9.17) is 14.2 Å². The molecule has 36 heavy (non-hydrogen) atoms. The normalized spacial score (nSPS) is 11.5. The summed E-state index contributed by atoms with van der Waals surface area (Å²) in [5.41, 5.74) is -0.265. The lowest BCUT2D eigenvalue weighted by Crippen LogP contribution is -2.48. The van der Waals surface area contributed by atoms with Crippen molar-refractivity contribution in [2.24, 2.45) is 0 Å². The van der Waals surface area contributed by atoms with E-state index in [1.807, 2.05) is 0 Å². The fraction of sp³-hybridized carbons (Fsp3) is 0.333. The molecule has 0 aliphatic carbocycles. The van der Waals surface area contributed by atoms with E-state index in [0.717, 1.165) is 17.7 Å². The molecule has 0 aliphatic rings. The summed E-state index contributed by atoms with van der Waals surface area (Å²) in [6.45, 7) is 4.38. The summed E-state index contributed by atoms with van der Waals surface area (Å²) in [5, 5.41) is 15.4. The lowest BCUT2D eigenvalue weighted by Gasteiger charge is -2.20. The van der Waals surface area contributed by atoms with E-state index in [1.54, 1.807) is 51.1 Å². The van der Waals surface area contributed by atoms with Gasteiger partial charge < -0.3 is 24.8 Å². The number of hydrogen-bond donors (Lipinski definition) is 2. The number of alkyl carbamates (subject to hydrolysis) is 1. The minimum absolute atomic E-state index is 0.0330. The molecule has 12 heteroatoms. The van der Waals surface area contributed by atoms with E-state index < -0.39 is 53.5 Å². The van der Waals surface area contributed by atoms with Crippen LogP contribution in [-0.2, 0) is 30.5 Å². The molecular weight excluding hydrogens is 474 g/mol. The van der Waals surface area contributed by atoms with Gasteiger partial charge in [-0.2, -0.15) is 0 Å². The average Bonchev–Trinajstić information content (AvgIpc) is 2.81. The van der Waals surface area contributed by atoms with Gasteiger partial charge in [0.05, 0.1) is 11.3 Å². The number of nitrogens with one attached hydrogen (secondary N) is 2. The number of benzene rings is 2. The molecule has 0 heterocycles. The Labute approximate surface area is 207 Å². The molecule has 12 nitrogen and oxygen atoms in total. The molecule has 0 spiro atoms. The van der Waals surface area contributed by atoms with Crippen molar-refractivity contribution in [3.63, 3.8) is 0 Å². The third-order valence-corrected chi connectivity index (χ3v) is 4.29. The van der Waals surface area contributed by atoms with Crippen LogP contribution in [0, 0.1) is 10.1 Å². The van der Waals surface area contributed by atoms with E-state index in [0.29, 0.717) is 0 Å². The van der Waals surface area contributed by atoms with Gasteiger partial charge >= 0.3 is 18.0 Å². The minimum Gasteiger partial charge on any atom is -0.461 e. The topological polar surface area (TPSA) is 163 Å². The van der Waals surface area contributed by atoms with Gasteiger partial charge in [-0.25, -0.2) is 9.59 Å². The molecule has 0 bridgehead atoms. The van der Waals surface area contributed by atoms with Crippen molar-refractivity contribution < 1.29 is 38.3 Å². The molecule has 2 N–H and O–H groups in total. The summed E-state index contributed by atoms with van der Waals surface area (Å²) in [6.07, 6.45) is -1.40. The van der Waals surface area contributed by atoms with Gasteiger partial charge in [-0.05, 0) is 38.5 Å². The number of non-ortho nitro benzene ring substituents is 1. The Morgan fingerprint density at radius 3 is 2.22 bits per heavy atom. The fourth-order valence-electron chi connectivity index (χ4n) is 2.69. The Kier molecular flexibility index (Phi) is 9.90. The molecule has 2 aromatic carbocycles. The second-order valence-corrected chi connectivity index (χ2v) is 8.50. The maximum Gasteiger partial charge on any atom is 0.408 e. The molecule has 0 fully saturated rings. The largest absolute Gasteiger partial charge is 0.461 e. The van der Waals surface area contributed by atoms with Crippen molar-refractivity contribution in [2.45, 2.75) is 45.4 Å². The second-order valence-electron chi connectivity index (χ2n) is 8.50. The Bertz CT molecular complexity index is 1080. The number of rotatable bonds is 10. The van der Waals surface area contributed by atoms with Crippen molar-refractivity contribution in [2.75, 3.05) is 6.54 Å². The molecule has 0 saturated heterocycles. The lowest BCUT2D eigenvalue weighted by atomic mass is 10.2. The zero-order chi connectivity index (χ0) is 26.7. The van der Waals surface area contributed by atoms with Gasteiger partial charge in [0.2, 0.25) is 5.91 Å². The van der Waals surface area contributed by atoms with Crippen molar-refractivity contribution in [3.8, 4) is 5.75 Å². The van der Waals surface area contributed by atoms with E-state index in [9.17, 15) is 29.3 Å². The van der Waals surface area contributed by atoms with E-state index in [1.165, 1.54) is 12.1 Å². The number of carbonyl (C=O) groups is 4. The molecule has 0 aliphatic heterocycles. The summed E-state index contributed by atoms with van der Waals surface area (Å²) in [5.74, 6) is -2.62. The van der Waals surface area contributed by atoms with Crippen LogP contribution in [0.3, 0.4) is 0 Å². The summed E-state index contributed by atoms with van der Waals surface area (Å²) in [4.78, 5) is 59.4. The maximum atomic E-state index is 12.7. The minimum atomic E-state index is -1.46. The van der Waals surface area contributed by atoms with Crippen LogP contribution >= 0.6 is 0 Å². The van der Waals surface area contributed by atoms with E-state index in [-0.39, 0.29) is 18.0 Å². The molecule has 0 saturated carbocycles. The van der Waals surface area contributed by atoms with Gasteiger partial charge in [0.25, 0.3) is 5.69 Å². The highest BCUT2D eigenvalue weighted by atomic mass is 16.6. The van der Waals surface area contributed by atoms with Gasteiger partial charge in [0.15, 0.2) is 0 Å². The van der Waals surface area contributed by atoms with Crippen molar-refractivity contribution >= 4 is 29.6 Å². The number of nitro benzene ring substituents is 1. The summed E-state index contributed by atoms with van der Waals surface area (Å²) in [6, 6.07) is 12.0. The first-order valence-corrected chi connectivity index (χ1v) is 10.8. The first-order chi connectivity index (χ1) is 16.9. The Morgan fingerprint density at radius 2 is 1.64 bits per heavy atom. The van der Waals surface area contributed by atoms with Crippen LogP contribution in [0.5, 0.6) is 5.75 Å². The average molecular weight is 501 g/mol. The van der Waals surface area contributed by atoms with Gasteiger partial charge in [-0.15, -0.1) is 0 Å². The Morgan fingerprint density at radius 1 is 1.00 bits per heavy atom.